The van der Waals surface area contributed by atoms with Gasteiger partial charge in [0.1, 0.15) is 6.04 Å². The summed E-state index contributed by atoms with van der Waals surface area (Å²) in [5, 5.41) is 2.81. The van der Waals surface area contributed by atoms with Gasteiger partial charge in [-0.2, -0.15) is 0 Å². The zero-order valence-corrected chi connectivity index (χ0v) is 12.3. The molecule has 0 aliphatic carbocycles. The molecule has 0 spiro atoms. The number of hydrogen-bond acceptors (Lipinski definition) is 7. The van der Waals surface area contributed by atoms with Crippen molar-refractivity contribution < 1.29 is 28.6 Å². The van der Waals surface area contributed by atoms with E-state index in [9.17, 15) is 14.4 Å². The molecule has 0 saturated heterocycles. The Balaban J connectivity index is 4.27. The standard InChI is InChI=1S/C13H23NO6/c1-4-18-11(15)7-8-14-10(13(17)20-6-3)9-12(16)19-5-2/h10,14H,4-9H2,1-3H3. The Bertz CT molecular complexity index is 318. The third-order valence-corrected chi connectivity index (χ3v) is 2.27. The Morgan fingerprint density at radius 1 is 0.900 bits per heavy atom. The lowest BCUT2D eigenvalue weighted by atomic mass is 10.2. The van der Waals surface area contributed by atoms with Crippen LogP contribution in [0.3, 0.4) is 0 Å². The summed E-state index contributed by atoms with van der Waals surface area (Å²) in [6.07, 6.45) is -0.0118. The molecule has 116 valence electrons. The molecule has 1 N–H and O–H groups in total. The molecule has 0 aliphatic heterocycles. The molecule has 0 aromatic heterocycles. The van der Waals surface area contributed by atoms with Gasteiger partial charge in [0, 0.05) is 6.54 Å². The smallest absolute Gasteiger partial charge is 0.323 e. The second-order valence-corrected chi connectivity index (χ2v) is 3.82. The fourth-order valence-corrected chi connectivity index (χ4v) is 1.45. The van der Waals surface area contributed by atoms with Crippen molar-refractivity contribution in [2.75, 3.05) is 26.4 Å². The van der Waals surface area contributed by atoms with Gasteiger partial charge in [-0.25, -0.2) is 0 Å². The highest BCUT2D eigenvalue weighted by Crippen LogP contribution is 1.99. The van der Waals surface area contributed by atoms with Crippen molar-refractivity contribution >= 4 is 17.9 Å². The minimum absolute atomic E-state index is 0.118. The van der Waals surface area contributed by atoms with Crippen molar-refractivity contribution in [1.82, 2.24) is 5.32 Å². The molecule has 0 aliphatic rings. The highest BCUT2D eigenvalue weighted by Gasteiger charge is 2.23. The van der Waals surface area contributed by atoms with Gasteiger partial charge in [-0.15, -0.1) is 0 Å². The largest absolute Gasteiger partial charge is 0.466 e. The second kappa shape index (κ2) is 11.2. The van der Waals surface area contributed by atoms with E-state index in [-0.39, 0.29) is 38.6 Å². The Labute approximate surface area is 118 Å². The van der Waals surface area contributed by atoms with E-state index in [0.717, 1.165) is 0 Å². The van der Waals surface area contributed by atoms with Crippen LogP contribution in [0.4, 0.5) is 0 Å². The van der Waals surface area contributed by atoms with Crippen LogP contribution in [0.2, 0.25) is 0 Å². The van der Waals surface area contributed by atoms with E-state index in [0.29, 0.717) is 6.61 Å². The third kappa shape index (κ3) is 8.47. The van der Waals surface area contributed by atoms with Crippen molar-refractivity contribution in [3.05, 3.63) is 0 Å². The summed E-state index contributed by atoms with van der Waals surface area (Å²) in [6.45, 7) is 6.08. The lowest BCUT2D eigenvalue weighted by Gasteiger charge is -2.16. The first-order chi connectivity index (χ1) is 9.54. The quantitative estimate of drug-likeness (QED) is 0.460. The fraction of sp³-hybridized carbons (Fsp3) is 0.769. The van der Waals surface area contributed by atoms with E-state index in [1.54, 1.807) is 20.8 Å². The van der Waals surface area contributed by atoms with Crippen LogP contribution >= 0.6 is 0 Å². The zero-order chi connectivity index (χ0) is 15.4. The van der Waals surface area contributed by atoms with Gasteiger partial charge in [0.2, 0.25) is 0 Å². The normalized spacial score (nSPS) is 11.6. The SMILES string of the molecule is CCOC(=O)CCNC(CC(=O)OCC)C(=O)OCC. The van der Waals surface area contributed by atoms with Crippen molar-refractivity contribution in [3.63, 3.8) is 0 Å². The van der Waals surface area contributed by atoms with Crippen molar-refractivity contribution in [3.8, 4) is 0 Å². The molecule has 0 radical (unpaired) electrons. The summed E-state index contributed by atoms with van der Waals surface area (Å²) < 4.78 is 14.4. The zero-order valence-electron chi connectivity index (χ0n) is 12.3. The third-order valence-electron chi connectivity index (χ3n) is 2.27. The van der Waals surface area contributed by atoms with E-state index >= 15 is 0 Å². The number of carbonyl (C=O) groups is 3. The molecule has 0 saturated carbocycles. The van der Waals surface area contributed by atoms with Crippen LogP contribution in [0, 0.1) is 0 Å². The van der Waals surface area contributed by atoms with E-state index < -0.39 is 18.0 Å². The van der Waals surface area contributed by atoms with Gasteiger partial charge >= 0.3 is 17.9 Å². The molecule has 7 nitrogen and oxygen atoms in total. The molecule has 0 rings (SSSR count). The molecule has 0 fully saturated rings. The predicted molar refractivity (Wildman–Crippen MR) is 70.9 cm³/mol. The summed E-state index contributed by atoms with van der Waals surface area (Å²) in [7, 11) is 0. The number of carbonyl (C=O) groups excluding carboxylic acids is 3. The highest BCUT2D eigenvalue weighted by molar-refractivity contribution is 5.82. The van der Waals surface area contributed by atoms with Gasteiger partial charge < -0.3 is 19.5 Å². The lowest BCUT2D eigenvalue weighted by molar-refractivity contribution is -0.152. The maximum Gasteiger partial charge on any atom is 0.323 e. The van der Waals surface area contributed by atoms with Crippen molar-refractivity contribution in [2.45, 2.75) is 39.7 Å². The van der Waals surface area contributed by atoms with Crippen LogP contribution in [-0.2, 0) is 28.6 Å². The van der Waals surface area contributed by atoms with E-state index in [2.05, 4.69) is 5.32 Å². The van der Waals surface area contributed by atoms with Crippen LogP contribution in [0.15, 0.2) is 0 Å². The monoisotopic (exact) mass is 289 g/mol. The predicted octanol–water partition coefficient (Wildman–Crippen LogP) is 0.414. The average molecular weight is 289 g/mol. The van der Waals surface area contributed by atoms with Crippen LogP contribution in [0.1, 0.15) is 33.6 Å². The number of ether oxygens (including phenoxy) is 3. The number of esters is 3. The number of nitrogens with one attached hydrogen (secondary N) is 1. The van der Waals surface area contributed by atoms with Gasteiger partial charge in [-0.3, -0.25) is 14.4 Å². The van der Waals surface area contributed by atoms with Gasteiger partial charge in [0.15, 0.2) is 0 Å². The molecule has 0 amide bonds. The summed E-state index contributed by atoms with van der Waals surface area (Å²) in [5.74, 6) is -1.39. The topological polar surface area (TPSA) is 90.9 Å². The minimum Gasteiger partial charge on any atom is -0.466 e. The first kappa shape index (κ1) is 18.4. The number of rotatable bonds is 10. The summed E-state index contributed by atoms with van der Waals surface area (Å²) in [6, 6.07) is -0.816. The first-order valence-electron chi connectivity index (χ1n) is 6.76. The summed E-state index contributed by atoms with van der Waals surface area (Å²) in [5.41, 5.74) is 0. The average Bonchev–Trinajstić information content (AvgIpc) is 2.38. The Morgan fingerprint density at radius 2 is 1.45 bits per heavy atom. The molecule has 0 heterocycles. The molecule has 0 bridgehead atoms. The Hall–Kier alpha value is -1.63. The summed E-state index contributed by atoms with van der Waals surface area (Å²) >= 11 is 0. The van der Waals surface area contributed by atoms with E-state index in [4.69, 9.17) is 14.2 Å². The van der Waals surface area contributed by atoms with Gasteiger partial charge in [-0.05, 0) is 20.8 Å². The van der Waals surface area contributed by atoms with Crippen LogP contribution in [0.25, 0.3) is 0 Å². The molecular weight excluding hydrogens is 266 g/mol. The number of hydrogen-bond donors (Lipinski definition) is 1. The molecule has 0 aromatic carbocycles. The maximum atomic E-state index is 11.7. The van der Waals surface area contributed by atoms with Crippen molar-refractivity contribution in [2.24, 2.45) is 0 Å². The van der Waals surface area contributed by atoms with Crippen LogP contribution in [0.5, 0.6) is 0 Å². The second-order valence-electron chi connectivity index (χ2n) is 3.82. The Kier molecular flexibility index (Phi) is 10.3. The molecule has 20 heavy (non-hydrogen) atoms. The van der Waals surface area contributed by atoms with Crippen LogP contribution < -0.4 is 5.32 Å². The van der Waals surface area contributed by atoms with Gasteiger partial charge in [0.25, 0.3) is 0 Å². The molecule has 1 unspecified atom stereocenters. The van der Waals surface area contributed by atoms with E-state index in [1.807, 2.05) is 0 Å². The maximum absolute atomic E-state index is 11.7. The van der Waals surface area contributed by atoms with Crippen LogP contribution in [-0.4, -0.2) is 50.3 Å². The van der Waals surface area contributed by atoms with Gasteiger partial charge in [0.05, 0.1) is 32.7 Å². The molecule has 7 heteroatoms. The lowest BCUT2D eigenvalue weighted by Crippen LogP contribution is -2.41. The van der Waals surface area contributed by atoms with Gasteiger partial charge in [-0.1, -0.05) is 0 Å². The minimum atomic E-state index is -0.816. The van der Waals surface area contributed by atoms with Crippen molar-refractivity contribution in [1.29, 1.82) is 0 Å². The summed E-state index contributed by atoms with van der Waals surface area (Å²) in [4.78, 5) is 34.3. The molecule has 1 atom stereocenters. The first-order valence-corrected chi connectivity index (χ1v) is 6.76. The highest BCUT2D eigenvalue weighted by atomic mass is 16.5. The fourth-order valence-electron chi connectivity index (χ4n) is 1.45. The molecular formula is C13H23NO6. The molecule has 0 aromatic rings. The van der Waals surface area contributed by atoms with E-state index in [1.165, 1.54) is 0 Å². The Morgan fingerprint density at radius 3 is 2.00 bits per heavy atom.